The SMILES string of the molecule is CC(C)c1nc(-c2ccccc2NC(=O)CCc2ccc(S(=O)(=O)N3CCCCC3)cc2)n[nH]1. The minimum atomic E-state index is -3.45. The van der Waals surface area contributed by atoms with Gasteiger partial charge in [-0.25, -0.2) is 13.4 Å². The third-order valence-corrected chi connectivity index (χ3v) is 7.92. The van der Waals surface area contributed by atoms with Gasteiger partial charge < -0.3 is 5.32 Å². The second kappa shape index (κ2) is 10.5. The summed E-state index contributed by atoms with van der Waals surface area (Å²) in [5.41, 5.74) is 2.33. The summed E-state index contributed by atoms with van der Waals surface area (Å²) >= 11 is 0. The van der Waals surface area contributed by atoms with Crippen LogP contribution in [0.5, 0.6) is 0 Å². The molecule has 2 aromatic carbocycles. The lowest BCUT2D eigenvalue weighted by Crippen LogP contribution is -2.35. The van der Waals surface area contributed by atoms with E-state index in [1.54, 1.807) is 28.6 Å². The Morgan fingerprint density at radius 3 is 2.44 bits per heavy atom. The van der Waals surface area contributed by atoms with Crippen molar-refractivity contribution in [3.8, 4) is 11.4 Å². The molecule has 1 aliphatic rings. The number of rotatable bonds is 8. The summed E-state index contributed by atoms with van der Waals surface area (Å²) in [5.74, 6) is 1.44. The van der Waals surface area contributed by atoms with Crippen LogP contribution in [0.3, 0.4) is 0 Å². The summed E-state index contributed by atoms with van der Waals surface area (Å²) in [6, 6.07) is 14.3. The van der Waals surface area contributed by atoms with Crippen molar-refractivity contribution in [2.24, 2.45) is 0 Å². The smallest absolute Gasteiger partial charge is 0.243 e. The molecular formula is C25H31N5O3S. The number of sulfonamides is 1. The maximum Gasteiger partial charge on any atom is 0.243 e. The fraction of sp³-hybridized carbons (Fsp3) is 0.400. The molecule has 0 unspecified atom stereocenters. The zero-order valence-electron chi connectivity index (χ0n) is 19.6. The van der Waals surface area contributed by atoms with Gasteiger partial charge in [-0.1, -0.05) is 44.5 Å². The summed E-state index contributed by atoms with van der Waals surface area (Å²) in [7, 11) is -3.45. The van der Waals surface area contributed by atoms with E-state index in [4.69, 9.17) is 0 Å². The summed E-state index contributed by atoms with van der Waals surface area (Å²) in [4.78, 5) is 17.5. The number of carbonyl (C=O) groups excluding carboxylic acids is 1. The molecule has 180 valence electrons. The first kappa shape index (κ1) is 24.1. The van der Waals surface area contributed by atoms with Crippen LogP contribution in [-0.2, 0) is 21.2 Å². The number of para-hydroxylation sites is 1. The lowest BCUT2D eigenvalue weighted by molar-refractivity contribution is -0.116. The lowest BCUT2D eigenvalue weighted by atomic mass is 10.1. The highest BCUT2D eigenvalue weighted by Crippen LogP contribution is 2.26. The first-order valence-electron chi connectivity index (χ1n) is 11.8. The van der Waals surface area contributed by atoms with Gasteiger partial charge in [0.1, 0.15) is 5.82 Å². The highest BCUT2D eigenvalue weighted by atomic mass is 32.2. The van der Waals surface area contributed by atoms with Gasteiger partial charge in [-0.3, -0.25) is 9.89 Å². The van der Waals surface area contributed by atoms with Crippen LogP contribution in [0, 0.1) is 0 Å². The predicted octanol–water partition coefficient (Wildman–Crippen LogP) is 4.34. The van der Waals surface area contributed by atoms with Crippen LogP contribution in [0.1, 0.15) is 56.8 Å². The Kier molecular flexibility index (Phi) is 7.43. The number of aromatic amines is 1. The number of nitrogens with zero attached hydrogens (tertiary/aromatic N) is 3. The van der Waals surface area contributed by atoms with Crippen molar-refractivity contribution in [1.29, 1.82) is 0 Å². The fourth-order valence-electron chi connectivity index (χ4n) is 3.99. The first-order valence-corrected chi connectivity index (χ1v) is 13.2. The molecule has 2 heterocycles. The molecule has 3 aromatic rings. The van der Waals surface area contributed by atoms with Gasteiger partial charge in [-0.2, -0.15) is 9.40 Å². The summed E-state index contributed by atoms with van der Waals surface area (Å²) < 4.78 is 27.2. The van der Waals surface area contributed by atoms with Crippen LogP contribution in [0.25, 0.3) is 11.4 Å². The maximum atomic E-state index is 12.8. The number of H-pyrrole nitrogens is 1. The van der Waals surface area contributed by atoms with Crippen LogP contribution < -0.4 is 5.32 Å². The average molecular weight is 482 g/mol. The van der Waals surface area contributed by atoms with Gasteiger partial charge in [0.15, 0.2) is 5.82 Å². The van der Waals surface area contributed by atoms with Crippen molar-refractivity contribution >= 4 is 21.6 Å². The topological polar surface area (TPSA) is 108 Å². The van der Waals surface area contributed by atoms with Gasteiger partial charge in [0.05, 0.1) is 10.6 Å². The highest BCUT2D eigenvalue weighted by molar-refractivity contribution is 7.89. The van der Waals surface area contributed by atoms with Gasteiger partial charge in [0.2, 0.25) is 15.9 Å². The average Bonchev–Trinajstić information content (AvgIpc) is 3.35. The Bertz CT molecular complexity index is 1230. The third kappa shape index (κ3) is 5.53. The van der Waals surface area contributed by atoms with Gasteiger partial charge in [-0.05, 0) is 49.1 Å². The summed E-state index contributed by atoms with van der Waals surface area (Å²) in [6.07, 6.45) is 3.68. The number of anilines is 1. The Labute approximate surface area is 200 Å². The Hall–Kier alpha value is -3.04. The minimum absolute atomic E-state index is 0.128. The van der Waals surface area contributed by atoms with E-state index in [2.05, 4.69) is 20.5 Å². The Morgan fingerprint density at radius 1 is 1.06 bits per heavy atom. The predicted molar refractivity (Wildman–Crippen MR) is 132 cm³/mol. The van der Waals surface area contributed by atoms with E-state index in [0.29, 0.717) is 35.9 Å². The van der Waals surface area contributed by atoms with E-state index < -0.39 is 10.0 Å². The number of piperidine rings is 1. The van der Waals surface area contributed by atoms with Crippen LogP contribution in [-0.4, -0.2) is 46.9 Å². The first-order chi connectivity index (χ1) is 16.3. The molecule has 0 bridgehead atoms. The van der Waals surface area contributed by atoms with Crippen LogP contribution in [0.2, 0.25) is 0 Å². The molecule has 0 aliphatic carbocycles. The van der Waals surface area contributed by atoms with E-state index in [0.717, 1.165) is 36.2 Å². The van der Waals surface area contributed by atoms with Crippen molar-refractivity contribution in [3.05, 3.63) is 59.9 Å². The van der Waals surface area contributed by atoms with E-state index in [-0.39, 0.29) is 18.2 Å². The lowest BCUT2D eigenvalue weighted by Gasteiger charge is -2.25. The van der Waals surface area contributed by atoms with Crippen LogP contribution in [0.4, 0.5) is 5.69 Å². The summed E-state index contributed by atoms with van der Waals surface area (Å²) in [6.45, 7) is 5.23. The summed E-state index contributed by atoms with van der Waals surface area (Å²) in [5, 5.41) is 10.2. The Balaban J connectivity index is 1.37. The molecule has 1 saturated heterocycles. The number of aryl methyl sites for hydroxylation is 1. The number of hydrogen-bond donors (Lipinski definition) is 2. The maximum absolute atomic E-state index is 12.8. The number of benzene rings is 2. The molecule has 0 spiro atoms. The molecule has 4 rings (SSSR count). The fourth-order valence-corrected chi connectivity index (χ4v) is 5.51. The Morgan fingerprint density at radius 2 is 1.76 bits per heavy atom. The number of aromatic nitrogens is 3. The number of hydrogen-bond acceptors (Lipinski definition) is 5. The number of amides is 1. The second-order valence-corrected chi connectivity index (χ2v) is 10.8. The molecule has 34 heavy (non-hydrogen) atoms. The minimum Gasteiger partial charge on any atom is -0.325 e. The van der Waals surface area contributed by atoms with Gasteiger partial charge >= 0.3 is 0 Å². The monoisotopic (exact) mass is 481 g/mol. The van der Waals surface area contributed by atoms with E-state index in [1.807, 2.05) is 38.1 Å². The van der Waals surface area contributed by atoms with Crippen LogP contribution in [0.15, 0.2) is 53.4 Å². The highest BCUT2D eigenvalue weighted by Gasteiger charge is 2.25. The normalized spacial score (nSPS) is 14.9. The van der Waals surface area contributed by atoms with Gasteiger partial charge in [0.25, 0.3) is 0 Å². The molecule has 1 fully saturated rings. The molecule has 9 heteroatoms. The molecule has 0 saturated carbocycles. The van der Waals surface area contributed by atoms with Gasteiger partial charge in [0, 0.05) is 31.0 Å². The molecule has 0 atom stereocenters. The van der Waals surface area contributed by atoms with E-state index in [1.165, 1.54) is 0 Å². The molecule has 0 radical (unpaired) electrons. The second-order valence-electron chi connectivity index (χ2n) is 8.90. The quantitative estimate of drug-likeness (QED) is 0.498. The van der Waals surface area contributed by atoms with Crippen LogP contribution >= 0.6 is 0 Å². The molecular weight excluding hydrogens is 450 g/mol. The third-order valence-electron chi connectivity index (χ3n) is 6.01. The van der Waals surface area contributed by atoms with E-state index >= 15 is 0 Å². The zero-order valence-corrected chi connectivity index (χ0v) is 20.4. The molecule has 1 aliphatic heterocycles. The molecule has 1 amide bonds. The van der Waals surface area contributed by atoms with Crippen molar-refractivity contribution in [3.63, 3.8) is 0 Å². The van der Waals surface area contributed by atoms with Crippen molar-refractivity contribution in [2.45, 2.75) is 56.8 Å². The largest absolute Gasteiger partial charge is 0.325 e. The van der Waals surface area contributed by atoms with Gasteiger partial charge in [-0.15, -0.1) is 0 Å². The molecule has 1 aromatic heterocycles. The number of carbonyl (C=O) groups is 1. The van der Waals surface area contributed by atoms with E-state index in [9.17, 15) is 13.2 Å². The zero-order chi connectivity index (χ0) is 24.1. The van der Waals surface area contributed by atoms with Crippen molar-refractivity contribution in [1.82, 2.24) is 19.5 Å². The van der Waals surface area contributed by atoms with Crippen molar-refractivity contribution < 1.29 is 13.2 Å². The number of nitrogens with one attached hydrogen (secondary N) is 2. The van der Waals surface area contributed by atoms with Crippen molar-refractivity contribution in [2.75, 3.05) is 18.4 Å². The molecule has 2 N–H and O–H groups in total. The standard InChI is InChI=1S/C25H31N5O3S/c1-18(2)24-27-25(29-28-24)21-8-4-5-9-22(21)26-23(31)15-12-19-10-13-20(14-11-19)34(32,33)30-16-6-3-7-17-30/h4-5,8-11,13-14,18H,3,6-7,12,15-17H2,1-2H3,(H,26,31)(H,27,28,29). The molecule has 8 nitrogen and oxygen atoms in total.